The van der Waals surface area contributed by atoms with Crippen LogP contribution in [-0.2, 0) is 6.18 Å². The Labute approximate surface area is 109 Å². The maximum atomic E-state index is 12.4. The molecule has 0 amide bonds. The monoisotopic (exact) mass is 266 g/mol. The molecule has 0 fully saturated rings. The van der Waals surface area contributed by atoms with Gasteiger partial charge in [0.05, 0.1) is 11.6 Å². The molecule has 2 aromatic rings. The number of nitrogens with one attached hydrogen (secondary N) is 1. The minimum Gasteiger partial charge on any atom is -0.378 e. The van der Waals surface area contributed by atoms with Crippen LogP contribution in [0.4, 0.5) is 18.9 Å². The van der Waals surface area contributed by atoms with Crippen LogP contribution in [0.1, 0.15) is 24.1 Å². The Hall–Kier alpha value is -2.04. The van der Waals surface area contributed by atoms with Crippen LogP contribution >= 0.6 is 0 Å². The van der Waals surface area contributed by atoms with Crippen molar-refractivity contribution in [3.63, 3.8) is 0 Å². The molecule has 0 aliphatic heterocycles. The van der Waals surface area contributed by atoms with E-state index in [0.29, 0.717) is 5.69 Å². The Morgan fingerprint density at radius 2 is 1.79 bits per heavy atom. The van der Waals surface area contributed by atoms with Crippen LogP contribution in [-0.4, -0.2) is 4.98 Å². The number of nitrogens with zero attached hydrogens (tertiary/aromatic N) is 1. The van der Waals surface area contributed by atoms with Gasteiger partial charge in [-0.1, -0.05) is 6.07 Å². The highest BCUT2D eigenvalue weighted by Crippen LogP contribution is 2.30. The van der Waals surface area contributed by atoms with Gasteiger partial charge >= 0.3 is 6.18 Å². The van der Waals surface area contributed by atoms with E-state index in [1.807, 2.05) is 19.1 Å². The first-order valence-corrected chi connectivity index (χ1v) is 5.80. The molecule has 100 valence electrons. The summed E-state index contributed by atoms with van der Waals surface area (Å²) in [4.78, 5) is 4.01. The maximum absolute atomic E-state index is 12.4. The summed E-state index contributed by atoms with van der Waals surface area (Å²) in [5, 5.41) is 3.13. The topological polar surface area (TPSA) is 24.9 Å². The molecule has 1 aromatic carbocycles. The number of anilines is 1. The average Bonchev–Trinajstić information content (AvgIpc) is 2.39. The summed E-state index contributed by atoms with van der Waals surface area (Å²) >= 11 is 0. The van der Waals surface area contributed by atoms with Crippen molar-refractivity contribution < 1.29 is 13.2 Å². The molecule has 0 spiro atoms. The zero-order valence-electron chi connectivity index (χ0n) is 10.3. The summed E-state index contributed by atoms with van der Waals surface area (Å²) in [7, 11) is 0. The third-order valence-corrected chi connectivity index (χ3v) is 2.78. The van der Waals surface area contributed by atoms with Crippen molar-refractivity contribution >= 4 is 5.69 Å². The van der Waals surface area contributed by atoms with Crippen molar-refractivity contribution in [1.29, 1.82) is 0 Å². The number of pyridine rings is 1. The van der Waals surface area contributed by atoms with Gasteiger partial charge in [-0.05, 0) is 42.8 Å². The minimum absolute atomic E-state index is 0.0227. The Morgan fingerprint density at radius 1 is 1.11 bits per heavy atom. The van der Waals surface area contributed by atoms with E-state index in [2.05, 4.69) is 10.3 Å². The van der Waals surface area contributed by atoms with Crippen molar-refractivity contribution in [1.82, 2.24) is 4.98 Å². The highest BCUT2D eigenvalue weighted by atomic mass is 19.4. The van der Waals surface area contributed by atoms with Crippen molar-refractivity contribution in [3.05, 3.63) is 59.9 Å². The van der Waals surface area contributed by atoms with Crippen LogP contribution < -0.4 is 5.32 Å². The smallest absolute Gasteiger partial charge is 0.378 e. The second kappa shape index (κ2) is 5.30. The van der Waals surface area contributed by atoms with E-state index < -0.39 is 11.7 Å². The molecule has 1 heterocycles. The number of hydrogen-bond donors (Lipinski definition) is 1. The predicted molar refractivity (Wildman–Crippen MR) is 67.7 cm³/mol. The molecular weight excluding hydrogens is 253 g/mol. The molecule has 1 aromatic heterocycles. The molecule has 1 atom stereocenters. The van der Waals surface area contributed by atoms with Gasteiger partial charge < -0.3 is 5.32 Å². The fourth-order valence-electron chi connectivity index (χ4n) is 1.72. The van der Waals surface area contributed by atoms with E-state index in [1.54, 1.807) is 12.4 Å². The fourth-order valence-corrected chi connectivity index (χ4v) is 1.72. The lowest BCUT2D eigenvalue weighted by atomic mass is 10.1. The maximum Gasteiger partial charge on any atom is 0.416 e. The van der Waals surface area contributed by atoms with Crippen LogP contribution in [0, 0.1) is 0 Å². The quantitative estimate of drug-likeness (QED) is 0.897. The Bertz CT molecular complexity index is 521. The number of halogens is 3. The van der Waals surface area contributed by atoms with E-state index in [-0.39, 0.29) is 6.04 Å². The summed E-state index contributed by atoms with van der Waals surface area (Å²) in [5.74, 6) is 0. The molecule has 1 unspecified atom stereocenters. The molecule has 0 aliphatic rings. The van der Waals surface area contributed by atoms with Gasteiger partial charge in [0, 0.05) is 18.1 Å². The Kier molecular flexibility index (Phi) is 3.74. The van der Waals surface area contributed by atoms with Gasteiger partial charge in [0.15, 0.2) is 0 Å². The number of benzene rings is 1. The molecule has 19 heavy (non-hydrogen) atoms. The molecule has 2 nitrogen and oxygen atoms in total. The van der Waals surface area contributed by atoms with Crippen LogP contribution in [0.25, 0.3) is 0 Å². The second-order valence-corrected chi connectivity index (χ2v) is 4.23. The van der Waals surface area contributed by atoms with Crippen molar-refractivity contribution in [3.8, 4) is 0 Å². The number of aromatic nitrogens is 1. The van der Waals surface area contributed by atoms with Gasteiger partial charge in [0.2, 0.25) is 0 Å². The Balaban J connectivity index is 2.08. The summed E-state index contributed by atoms with van der Waals surface area (Å²) in [6.07, 6.45) is -0.899. The second-order valence-electron chi connectivity index (χ2n) is 4.23. The lowest BCUT2D eigenvalue weighted by Gasteiger charge is -2.16. The lowest BCUT2D eigenvalue weighted by Crippen LogP contribution is -2.08. The average molecular weight is 266 g/mol. The molecule has 0 saturated heterocycles. The highest BCUT2D eigenvalue weighted by Gasteiger charge is 2.29. The molecule has 0 bridgehead atoms. The lowest BCUT2D eigenvalue weighted by molar-refractivity contribution is -0.137. The van der Waals surface area contributed by atoms with Crippen LogP contribution in [0.2, 0.25) is 0 Å². The van der Waals surface area contributed by atoms with Gasteiger partial charge in [-0.2, -0.15) is 13.2 Å². The van der Waals surface area contributed by atoms with Gasteiger partial charge in [-0.25, -0.2) is 0 Å². The number of rotatable bonds is 3. The SMILES string of the molecule is CC(Nc1ccc(C(F)(F)F)cc1)c1cccnc1. The van der Waals surface area contributed by atoms with Gasteiger partial charge in [0.1, 0.15) is 0 Å². The van der Waals surface area contributed by atoms with E-state index in [0.717, 1.165) is 17.7 Å². The first-order chi connectivity index (χ1) is 8.97. The zero-order valence-corrected chi connectivity index (χ0v) is 10.3. The normalized spacial score (nSPS) is 13.1. The van der Waals surface area contributed by atoms with Crippen molar-refractivity contribution in [2.24, 2.45) is 0 Å². The first-order valence-electron chi connectivity index (χ1n) is 5.80. The number of hydrogen-bond acceptors (Lipinski definition) is 2. The summed E-state index contributed by atoms with van der Waals surface area (Å²) in [6, 6.07) is 8.70. The van der Waals surface area contributed by atoms with E-state index in [4.69, 9.17) is 0 Å². The largest absolute Gasteiger partial charge is 0.416 e. The third-order valence-electron chi connectivity index (χ3n) is 2.78. The fraction of sp³-hybridized carbons (Fsp3) is 0.214. The van der Waals surface area contributed by atoms with E-state index >= 15 is 0 Å². The minimum atomic E-state index is -4.30. The van der Waals surface area contributed by atoms with E-state index in [9.17, 15) is 13.2 Å². The molecule has 0 saturated carbocycles. The van der Waals surface area contributed by atoms with Crippen LogP contribution in [0.15, 0.2) is 48.8 Å². The summed E-state index contributed by atoms with van der Waals surface area (Å²) in [5.41, 5.74) is 0.971. The Morgan fingerprint density at radius 3 is 2.32 bits per heavy atom. The molecule has 0 radical (unpaired) electrons. The zero-order chi connectivity index (χ0) is 13.9. The summed E-state index contributed by atoms with van der Waals surface area (Å²) < 4.78 is 37.3. The van der Waals surface area contributed by atoms with Gasteiger partial charge in [0.25, 0.3) is 0 Å². The van der Waals surface area contributed by atoms with Crippen LogP contribution in [0.5, 0.6) is 0 Å². The molecule has 5 heteroatoms. The third kappa shape index (κ3) is 3.47. The predicted octanol–water partition coefficient (Wildman–Crippen LogP) is 4.27. The standard InChI is InChI=1S/C14H13F3N2/c1-10(11-3-2-8-18-9-11)19-13-6-4-12(5-7-13)14(15,16)17/h2-10,19H,1H3. The summed E-state index contributed by atoms with van der Waals surface area (Å²) in [6.45, 7) is 1.93. The van der Waals surface area contributed by atoms with Crippen LogP contribution in [0.3, 0.4) is 0 Å². The van der Waals surface area contributed by atoms with Gasteiger partial charge in [-0.15, -0.1) is 0 Å². The van der Waals surface area contributed by atoms with Crippen molar-refractivity contribution in [2.75, 3.05) is 5.32 Å². The van der Waals surface area contributed by atoms with Gasteiger partial charge in [-0.3, -0.25) is 4.98 Å². The first kappa shape index (κ1) is 13.4. The molecule has 0 aliphatic carbocycles. The highest BCUT2D eigenvalue weighted by molar-refractivity contribution is 5.46. The molecular formula is C14H13F3N2. The van der Waals surface area contributed by atoms with Crippen molar-refractivity contribution in [2.45, 2.75) is 19.1 Å². The molecule has 2 rings (SSSR count). The number of alkyl halides is 3. The van der Waals surface area contributed by atoms with E-state index in [1.165, 1.54) is 12.1 Å². The molecule has 1 N–H and O–H groups in total.